The molecule has 20 heavy (non-hydrogen) atoms. The normalized spacial score (nSPS) is 20.0. The van der Waals surface area contributed by atoms with Gasteiger partial charge in [0.05, 0.1) is 0 Å². The number of nitrogens with one attached hydrogen (secondary N) is 1. The van der Waals surface area contributed by atoms with E-state index in [1.807, 2.05) is 0 Å². The summed E-state index contributed by atoms with van der Waals surface area (Å²) in [5.74, 6) is 0. The summed E-state index contributed by atoms with van der Waals surface area (Å²) in [5.41, 5.74) is 4.54. The fourth-order valence-electron chi connectivity index (χ4n) is 3.55. The minimum absolute atomic E-state index is 0.387. The molecule has 0 radical (unpaired) electrons. The van der Waals surface area contributed by atoms with Gasteiger partial charge in [0.25, 0.3) is 0 Å². The van der Waals surface area contributed by atoms with Crippen LogP contribution in [0.1, 0.15) is 31.2 Å². The summed E-state index contributed by atoms with van der Waals surface area (Å²) < 4.78 is 0. The number of benzene rings is 1. The molecule has 0 aromatic heterocycles. The van der Waals surface area contributed by atoms with Crippen LogP contribution in [0.3, 0.4) is 0 Å². The van der Waals surface area contributed by atoms with Gasteiger partial charge in [-0.1, -0.05) is 6.07 Å². The van der Waals surface area contributed by atoms with Gasteiger partial charge in [-0.3, -0.25) is 0 Å². The van der Waals surface area contributed by atoms with Crippen LogP contribution < -0.4 is 10.2 Å². The van der Waals surface area contributed by atoms with Crippen LogP contribution in [0.2, 0.25) is 0 Å². The Morgan fingerprint density at radius 2 is 1.95 bits per heavy atom. The smallest absolute Gasteiger partial charge is 0.0393 e. The lowest BCUT2D eigenvalue weighted by molar-refractivity contribution is 0.0683. The average Bonchev–Trinajstić information content (AvgIpc) is 2.41. The summed E-state index contributed by atoms with van der Waals surface area (Å²) in [6, 6.07) is 6.92. The van der Waals surface area contributed by atoms with Crippen molar-refractivity contribution in [1.29, 1.82) is 0 Å². The fourth-order valence-corrected chi connectivity index (χ4v) is 3.55. The van der Waals surface area contributed by atoms with E-state index >= 15 is 0 Å². The molecule has 2 aliphatic rings. The first-order chi connectivity index (χ1) is 9.61. The third-order valence-electron chi connectivity index (χ3n) is 5.24. The zero-order valence-corrected chi connectivity index (χ0v) is 13.1. The maximum absolute atomic E-state index is 3.53. The van der Waals surface area contributed by atoms with Crippen molar-refractivity contribution in [2.75, 3.05) is 44.4 Å². The molecule has 0 amide bonds. The van der Waals surface area contributed by atoms with Crippen molar-refractivity contribution in [3.8, 4) is 0 Å². The number of aryl methyl sites for hydroxylation is 1. The van der Waals surface area contributed by atoms with Crippen LogP contribution >= 0.6 is 0 Å². The van der Waals surface area contributed by atoms with E-state index in [0.717, 1.165) is 13.1 Å². The fraction of sp³-hybridized carbons (Fsp3) is 0.647. The molecule has 1 aromatic rings. The maximum Gasteiger partial charge on any atom is 0.0393 e. The Morgan fingerprint density at radius 3 is 2.60 bits per heavy atom. The quantitative estimate of drug-likeness (QED) is 0.910. The second-order valence-corrected chi connectivity index (χ2v) is 6.70. The zero-order chi connectivity index (χ0) is 14.2. The molecule has 110 valence electrons. The Labute approximate surface area is 123 Å². The summed E-state index contributed by atoms with van der Waals surface area (Å²) in [6.07, 6.45) is 6.50. The molecule has 1 fully saturated rings. The predicted octanol–water partition coefficient (Wildman–Crippen LogP) is 2.97. The van der Waals surface area contributed by atoms with Crippen molar-refractivity contribution in [3.63, 3.8) is 0 Å². The molecular formula is C17H27N3. The lowest BCUT2D eigenvalue weighted by Crippen LogP contribution is -2.56. The monoisotopic (exact) mass is 273 g/mol. The molecule has 1 aliphatic carbocycles. The van der Waals surface area contributed by atoms with E-state index in [1.54, 1.807) is 0 Å². The summed E-state index contributed by atoms with van der Waals surface area (Å²) in [4.78, 5) is 4.85. The minimum atomic E-state index is 0.387. The summed E-state index contributed by atoms with van der Waals surface area (Å²) >= 11 is 0. The van der Waals surface area contributed by atoms with Gasteiger partial charge in [-0.05, 0) is 63.9 Å². The molecule has 1 aromatic carbocycles. The Bertz CT molecular complexity index is 477. The van der Waals surface area contributed by atoms with Crippen molar-refractivity contribution >= 4 is 11.4 Å². The molecule has 3 rings (SSSR count). The Kier molecular flexibility index (Phi) is 3.63. The highest BCUT2D eigenvalue weighted by atomic mass is 15.2. The summed E-state index contributed by atoms with van der Waals surface area (Å²) in [7, 11) is 6.68. The third kappa shape index (κ3) is 2.39. The number of anilines is 2. The summed E-state index contributed by atoms with van der Waals surface area (Å²) in [6.45, 7) is 2.24. The van der Waals surface area contributed by atoms with Crippen LogP contribution in [0.5, 0.6) is 0 Å². The molecule has 0 bridgehead atoms. The van der Waals surface area contributed by atoms with E-state index in [9.17, 15) is 0 Å². The number of rotatable bonds is 4. The van der Waals surface area contributed by atoms with Crippen molar-refractivity contribution in [1.82, 2.24) is 4.90 Å². The first-order valence-electron chi connectivity index (χ1n) is 7.86. The van der Waals surface area contributed by atoms with Gasteiger partial charge in [0, 0.05) is 37.1 Å². The number of fused-ring (bicyclic) bond motifs is 1. The van der Waals surface area contributed by atoms with Crippen LogP contribution in [0.15, 0.2) is 18.2 Å². The molecule has 1 N–H and O–H groups in total. The van der Waals surface area contributed by atoms with E-state index in [4.69, 9.17) is 0 Å². The highest BCUT2D eigenvalue weighted by molar-refractivity contribution is 5.63. The van der Waals surface area contributed by atoms with Crippen LogP contribution in [0, 0.1) is 0 Å². The van der Waals surface area contributed by atoms with E-state index in [-0.39, 0.29) is 0 Å². The van der Waals surface area contributed by atoms with Crippen molar-refractivity contribution < 1.29 is 0 Å². The van der Waals surface area contributed by atoms with Gasteiger partial charge in [-0.15, -0.1) is 0 Å². The van der Waals surface area contributed by atoms with E-state index in [0.29, 0.717) is 5.54 Å². The molecule has 1 heterocycles. The van der Waals surface area contributed by atoms with Crippen molar-refractivity contribution in [2.24, 2.45) is 0 Å². The topological polar surface area (TPSA) is 18.5 Å². The maximum atomic E-state index is 3.53. The van der Waals surface area contributed by atoms with Crippen LogP contribution in [-0.2, 0) is 6.42 Å². The first kappa shape index (κ1) is 13.7. The van der Waals surface area contributed by atoms with Gasteiger partial charge in [0.15, 0.2) is 0 Å². The lowest BCUT2D eigenvalue weighted by Gasteiger charge is -2.49. The van der Waals surface area contributed by atoms with Crippen molar-refractivity contribution in [2.45, 2.75) is 37.6 Å². The molecule has 0 saturated heterocycles. The second kappa shape index (κ2) is 5.28. The van der Waals surface area contributed by atoms with Gasteiger partial charge >= 0.3 is 0 Å². The molecule has 0 spiro atoms. The number of hydrogen-bond donors (Lipinski definition) is 1. The molecule has 0 unspecified atom stereocenters. The number of hydrogen-bond acceptors (Lipinski definition) is 3. The van der Waals surface area contributed by atoms with E-state index < -0.39 is 0 Å². The average molecular weight is 273 g/mol. The summed E-state index contributed by atoms with van der Waals surface area (Å²) in [5, 5.41) is 3.53. The zero-order valence-electron chi connectivity index (χ0n) is 13.1. The molecular weight excluding hydrogens is 246 g/mol. The molecule has 1 aliphatic heterocycles. The Balaban J connectivity index is 1.75. The standard InChI is InChI=1S/C17H27N3/c1-19(2)17(9-5-10-17)13-20(3)15-8-7-14-6-4-11-18-16(14)12-15/h7-8,12,18H,4-6,9-11,13H2,1-3H3. The second-order valence-electron chi connectivity index (χ2n) is 6.70. The molecule has 1 saturated carbocycles. The minimum Gasteiger partial charge on any atom is -0.385 e. The number of nitrogens with zero attached hydrogens (tertiary/aromatic N) is 2. The molecule has 3 nitrogen and oxygen atoms in total. The third-order valence-corrected chi connectivity index (χ3v) is 5.24. The van der Waals surface area contributed by atoms with E-state index in [2.05, 4.69) is 54.5 Å². The molecule has 0 atom stereocenters. The number of likely N-dealkylation sites (N-methyl/N-ethyl adjacent to an activating group) is 2. The van der Waals surface area contributed by atoms with Crippen molar-refractivity contribution in [3.05, 3.63) is 23.8 Å². The van der Waals surface area contributed by atoms with Gasteiger partial charge in [0.2, 0.25) is 0 Å². The van der Waals surface area contributed by atoms with Gasteiger partial charge in [-0.25, -0.2) is 0 Å². The van der Waals surface area contributed by atoms with Crippen LogP contribution in [-0.4, -0.2) is 44.7 Å². The lowest BCUT2D eigenvalue weighted by atomic mass is 9.75. The Morgan fingerprint density at radius 1 is 1.15 bits per heavy atom. The van der Waals surface area contributed by atoms with Crippen LogP contribution in [0.4, 0.5) is 11.4 Å². The first-order valence-corrected chi connectivity index (χ1v) is 7.86. The highest BCUT2D eigenvalue weighted by Gasteiger charge is 2.39. The Hall–Kier alpha value is -1.22. The van der Waals surface area contributed by atoms with E-state index in [1.165, 1.54) is 49.0 Å². The highest BCUT2D eigenvalue weighted by Crippen LogP contribution is 2.38. The SMILES string of the molecule is CN(CC1(N(C)C)CCC1)c1ccc2c(c1)NCCC2. The molecule has 3 heteroatoms. The van der Waals surface area contributed by atoms with Crippen LogP contribution in [0.25, 0.3) is 0 Å². The largest absolute Gasteiger partial charge is 0.385 e. The van der Waals surface area contributed by atoms with Gasteiger partial charge < -0.3 is 15.1 Å². The predicted molar refractivity (Wildman–Crippen MR) is 86.8 cm³/mol. The van der Waals surface area contributed by atoms with Gasteiger partial charge in [-0.2, -0.15) is 0 Å². The van der Waals surface area contributed by atoms with Gasteiger partial charge in [0.1, 0.15) is 0 Å².